The zero-order chi connectivity index (χ0) is 10.1. The largest absolute Gasteiger partial charge is 0.244 e. The van der Waals surface area contributed by atoms with Crippen LogP contribution in [0, 0.1) is 0 Å². The second-order valence-electron chi connectivity index (χ2n) is 4.73. The Bertz CT molecular complexity index is 285. The van der Waals surface area contributed by atoms with E-state index in [0.29, 0.717) is 5.92 Å². The van der Waals surface area contributed by atoms with Gasteiger partial charge in [-0.3, -0.25) is 0 Å². The summed E-state index contributed by atoms with van der Waals surface area (Å²) in [4.78, 5) is 8.42. The quantitative estimate of drug-likeness (QED) is 0.683. The first kappa shape index (κ1) is 13.1. The van der Waals surface area contributed by atoms with Gasteiger partial charge in [-0.05, 0) is 16.9 Å². The van der Waals surface area contributed by atoms with Crippen molar-refractivity contribution in [1.82, 2.24) is 9.97 Å². The second-order valence-corrected chi connectivity index (χ2v) is 4.73. The Morgan fingerprint density at radius 1 is 1.21 bits per heavy atom. The van der Waals surface area contributed by atoms with Gasteiger partial charge in [0.1, 0.15) is 6.33 Å². The van der Waals surface area contributed by atoms with E-state index in [1.54, 1.807) is 6.33 Å². The van der Waals surface area contributed by atoms with Crippen LogP contribution in [0.3, 0.4) is 0 Å². The summed E-state index contributed by atoms with van der Waals surface area (Å²) >= 11 is 0. The molecule has 2 nitrogen and oxygen atoms in total. The second kappa shape index (κ2) is 4.54. The van der Waals surface area contributed by atoms with Crippen molar-refractivity contribution in [2.45, 2.75) is 53.4 Å². The third kappa shape index (κ3) is 2.79. The molecular weight excluding hydrogens is 172 g/mol. The van der Waals surface area contributed by atoms with Crippen LogP contribution >= 0.6 is 0 Å². The predicted molar refractivity (Wildman–Crippen MR) is 61.6 cm³/mol. The first-order valence-corrected chi connectivity index (χ1v) is 4.73. The van der Waals surface area contributed by atoms with E-state index >= 15 is 0 Å². The van der Waals surface area contributed by atoms with Crippen molar-refractivity contribution in [1.29, 1.82) is 0 Å². The van der Waals surface area contributed by atoms with Crippen molar-refractivity contribution in [3.63, 3.8) is 0 Å². The summed E-state index contributed by atoms with van der Waals surface area (Å²) in [5.74, 6) is 0.470. The SMILES string of the molecule is C.CC(C)c1ncncc1C(C)(C)C. The van der Waals surface area contributed by atoms with Crippen molar-refractivity contribution in [2.24, 2.45) is 0 Å². The molecule has 0 radical (unpaired) electrons. The number of hydrogen-bond donors (Lipinski definition) is 0. The van der Waals surface area contributed by atoms with Crippen LogP contribution in [0.4, 0.5) is 0 Å². The molecule has 1 rings (SSSR count). The monoisotopic (exact) mass is 194 g/mol. The molecule has 14 heavy (non-hydrogen) atoms. The van der Waals surface area contributed by atoms with Crippen LogP contribution in [0.1, 0.15) is 59.2 Å². The summed E-state index contributed by atoms with van der Waals surface area (Å²) in [6.07, 6.45) is 3.56. The van der Waals surface area contributed by atoms with Crippen molar-refractivity contribution >= 4 is 0 Å². The smallest absolute Gasteiger partial charge is 0.115 e. The molecule has 0 bridgehead atoms. The van der Waals surface area contributed by atoms with Gasteiger partial charge in [-0.25, -0.2) is 9.97 Å². The molecule has 0 unspecified atom stereocenters. The summed E-state index contributed by atoms with van der Waals surface area (Å²) in [7, 11) is 0. The molecule has 0 aliphatic heterocycles. The maximum atomic E-state index is 4.33. The van der Waals surface area contributed by atoms with Crippen LogP contribution in [0.25, 0.3) is 0 Å². The van der Waals surface area contributed by atoms with E-state index in [1.165, 1.54) is 11.3 Å². The van der Waals surface area contributed by atoms with Crippen LogP contribution in [0.2, 0.25) is 0 Å². The molecule has 0 aliphatic carbocycles. The molecule has 2 heteroatoms. The standard InChI is InChI=1S/C11H18N2.CH4/c1-8(2)10-9(11(3,4)5)6-12-7-13-10;/h6-8H,1-5H3;1H4. The topological polar surface area (TPSA) is 25.8 Å². The minimum atomic E-state index is 0. The number of nitrogens with zero attached hydrogens (tertiary/aromatic N) is 2. The highest BCUT2D eigenvalue weighted by molar-refractivity contribution is 5.26. The Kier molecular flexibility index (Phi) is 4.24. The molecule has 0 spiro atoms. The van der Waals surface area contributed by atoms with E-state index < -0.39 is 0 Å². The Hall–Kier alpha value is -0.920. The van der Waals surface area contributed by atoms with E-state index in [2.05, 4.69) is 44.6 Å². The fourth-order valence-electron chi connectivity index (χ4n) is 1.38. The number of rotatable bonds is 1. The Balaban J connectivity index is 0.00000169. The molecule has 0 saturated heterocycles. The Labute approximate surface area is 87.8 Å². The molecule has 0 N–H and O–H groups in total. The average Bonchev–Trinajstić information content (AvgIpc) is 2.03. The summed E-state index contributed by atoms with van der Waals surface area (Å²) < 4.78 is 0. The maximum absolute atomic E-state index is 4.33. The zero-order valence-corrected chi connectivity index (χ0v) is 9.13. The van der Waals surface area contributed by atoms with Gasteiger partial charge in [0.25, 0.3) is 0 Å². The van der Waals surface area contributed by atoms with E-state index in [9.17, 15) is 0 Å². The molecule has 0 amide bonds. The van der Waals surface area contributed by atoms with Gasteiger partial charge in [0.05, 0.1) is 0 Å². The number of aromatic nitrogens is 2. The van der Waals surface area contributed by atoms with Crippen LogP contribution in [0.5, 0.6) is 0 Å². The lowest BCUT2D eigenvalue weighted by Crippen LogP contribution is -2.16. The molecule has 80 valence electrons. The van der Waals surface area contributed by atoms with Gasteiger partial charge in [0.15, 0.2) is 0 Å². The van der Waals surface area contributed by atoms with Gasteiger partial charge < -0.3 is 0 Å². The summed E-state index contributed by atoms with van der Waals surface area (Å²) in [6.45, 7) is 10.9. The minimum Gasteiger partial charge on any atom is -0.244 e. The maximum Gasteiger partial charge on any atom is 0.115 e. The molecule has 0 aliphatic rings. The van der Waals surface area contributed by atoms with Crippen molar-refractivity contribution in [3.8, 4) is 0 Å². The first-order chi connectivity index (χ1) is 5.93. The summed E-state index contributed by atoms with van der Waals surface area (Å²) in [5, 5.41) is 0. The lowest BCUT2D eigenvalue weighted by molar-refractivity contribution is 0.566. The van der Waals surface area contributed by atoms with Gasteiger partial charge in [-0.1, -0.05) is 42.0 Å². The van der Waals surface area contributed by atoms with Crippen LogP contribution in [-0.2, 0) is 5.41 Å². The van der Waals surface area contributed by atoms with Crippen LogP contribution < -0.4 is 0 Å². The molecule has 0 atom stereocenters. The van der Waals surface area contributed by atoms with E-state index in [4.69, 9.17) is 0 Å². The van der Waals surface area contributed by atoms with Gasteiger partial charge in [0, 0.05) is 11.9 Å². The van der Waals surface area contributed by atoms with Crippen molar-refractivity contribution in [3.05, 3.63) is 23.8 Å². The fraction of sp³-hybridized carbons (Fsp3) is 0.667. The lowest BCUT2D eigenvalue weighted by atomic mass is 9.84. The van der Waals surface area contributed by atoms with Gasteiger partial charge in [-0.2, -0.15) is 0 Å². The highest BCUT2D eigenvalue weighted by Gasteiger charge is 2.20. The van der Waals surface area contributed by atoms with Gasteiger partial charge >= 0.3 is 0 Å². The van der Waals surface area contributed by atoms with Crippen LogP contribution in [0.15, 0.2) is 12.5 Å². The Morgan fingerprint density at radius 3 is 2.14 bits per heavy atom. The van der Waals surface area contributed by atoms with Gasteiger partial charge in [0.2, 0.25) is 0 Å². The highest BCUT2D eigenvalue weighted by atomic mass is 14.8. The molecule has 0 saturated carbocycles. The fourth-order valence-corrected chi connectivity index (χ4v) is 1.38. The van der Waals surface area contributed by atoms with E-state index in [-0.39, 0.29) is 12.8 Å². The molecular formula is C12H22N2. The predicted octanol–water partition coefficient (Wildman–Crippen LogP) is 3.53. The Morgan fingerprint density at radius 2 is 1.79 bits per heavy atom. The highest BCUT2D eigenvalue weighted by Crippen LogP contribution is 2.27. The zero-order valence-electron chi connectivity index (χ0n) is 9.13. The van der Waals surface area contributed by atoms with Crippen molar-refractivity contribution in [2.75, 3.05) is 0 Å². The molecule has 1 aromatic heterocycles. The van der Waals surface area contributed by atoms with E-state index in [1.807, 2.05) is 6.20 Å². The third-order valence-electron chi connectivity index (χ3n) is 2.10. The van der Waals surface area contributed by atoms with Gasteiger partial charge in [-0.15, -0.1) is 0 Å². The van der Waals surface area contributed by atoms with Crippen LogP contribution in [-0.4, -0.2) is 9.97 Å². The minimum absolute atomic E-state index is 0. The average molecular weight is 194 g/mol. The summed E-state index contributed by atoms with van der Waals surface area (Å²) in [6, 6.07) is 0. The summed E-state index contributed by atoms with van der Waals surface area (Å²) in [5.41, 5.74) is 2.56. The molecule has 0 aromatic carbocycles. The normalized spacial score (nSPS) is 11.3. The first-order valence-electron chi connectivity index (χ1n) is 4.73. The molecule has 0 fully saturated rings. The third-order valence-corrected chi connectivity index (χ3v) is 2.10. The van der Waals surface area contributed by atoms with Crippen molar-refractivity contribution < 1.29 is 0 Å². The molecule has 1 aromatic rings. The molecule has 1 heterocycles. The number of hydrogen-bond acceptors (Lipinski definition) is 2. The van der Waals surface area contributed by atoms with E-state index in [0.717, 1.165) is 0 Å². The lowest BCUT2D eigenvalue weighted by Gasteiger charge is -2.22.